The van der Waals surface area contributed by atoms with E-state index in [9.17, 15) is 0 Å². The highest BCUT2D eigenvalue weighted by molar-refractivity contribution is 7.24. The second kappa shape index (κ2) is 13.4. The summed E-state index contributed by atoms with van der Waals surface area (Å²) in [7, 11) is 0. The van der Waals surface area contributed by atoms with Crippen molar-refractivity contribution < 1.29 is 0 Å². The van der Waals surface area contributed by atoms with Crippen LogP contribution >= 0.6 is 45.3 Å². The Morgan fingerprint density at radius 1 is 0.512 bits per heavy atom. The van der Waals surface area contributed by atoms with Crippen LogP contribution in [0.1, 0.15) is 55.2 Å². The third-order valence-corrected chi connectivity index (χ3v) is 12.0. The summed E-state index contributed by atoms with van der Waals surface area (Å²) in [6, 6.07) is 26.5. The van der Waals surface area contributed by atoms with Gasteiger partial charge in [0, 0.05) is 51.4 Å². The van der Waals surface area contributed by atoms with Gasteiger partial charge >= 0.3 is 0 Å². The summed E-state index contributed by atoms with van der Waals surface area (Å²) < 4.78 is 0. The lowest BCUT2D eigenvalue weighted by Crippen LogP contribution is -1.88. The molecule has 0 unspecified atom stereocenters. The predicted molar refractivity (Wildman–Crippen MR) is 183 cm³/mol. The molecule has 6 aromatic heterocycles. The van der Waals surface area contributed by atoms with E-state index in [0.29, 0.717) is 0 Å². The number of aromatic nitrogens is 2. The van der Waals surface area contributed by atoms with Crippen LogP contribution in [-0.2, 0) is 6.42 Å². The van der Waals surface area contributed by atoms with Crippen LogP contribution in [-0.4, -0.2) is 9.97 Å². The second-order valence-corrected chi connectivity index (χ2v) is 15.0. The molecule has 6 heterocycles. The van der Waals surface area contributed by atoms with Crippen molar-refractivity contribution in [3.63, 3.8) is 0 Å². The molecule has 0 atom stereocenters. The van der Waals surface area contributed by atoms with Crippen LogP contribution in [0.5, 0.6) is 0 Å². The largest absolute Gasteiger partial charge is 0.255 e. The molecule has 0 radical (unpaired) electrons. The third-order valence-electron chi connectivity index (χ3n) is 7.23. The Hall–Kier alpha value is -2.90. The predicted octanol–water partition coefficient (Wildman–Crippen LogP) is 12.3. The van der Waals surface area contributed by atoms with Crippen molar-refractivity contribution in [1.82, 2.24) is 9.97 Å². The SMILES string of the molecule is CCCCCCCCc1ccc(-c2ccc(-c3ccnc(-c4cc(-c5ccc(-c6ccc(C)s6)s5)ccn4)c3)s2)s1. The van der Waals surface area contributed by atoms with E-state index in [1.165, 1.54) is 95.1 Å². The Morgan fingerprint density at radius 3 is 1.63 bits per heavy atom. The van der Waals surface area contributed by atoms with Crippen LogP contribution in [0, 0.1) is 6.92 Å². The van der Waals surface area contributed by atoms with Gasteiger partial charge in [-0.3, -0.25) is 9.97 Å². The van der Waals surface area contributed by atoms with Crippen LogP contribution in [0.3, 0.4) is 0 Å². The lowest BCUT2D eigenvalue weighted by Gasteiger charge is -2.05. The number of aryl methyl sites for hydroxylation is 2. The van der Waals surface area contributed by atoms with E-state index in [-0.39, 0.29) is 0 Å². The minimum absolute atomic E-state index is 0.903. The fourth-order valence-corrected chi connectivity index (χ4v) is 9.09. The fraction of sp³-hybridized carbons (Fsp3) is 0.257. The summed E-state index contributed by atoms with van der Waals surface area (Å²) in [6.45, 7) is 4.44. The highest BCUT2D eigenvalue weighted by Crippen LogP contribution is 2.40. The minimum Gasteiger partial charge on any atom is -0.255 e. The Morgan fingerprint density at radius 2 is 1.02 bits per heavy atom. The quantitative estimate of drug-likeness (QED) is 0.129. The second-order valence-electron chi connectivity index (χ2n) is 10.4. The Balaban J connectivity index is 1.15. The van der Waals surface area contributed by atoms with Crippen molar-refractivity contribution in [2.24, 2.45) is 0 Å². The van der Waals surface area contributed by atoms with Gasteiger partial charge in [-0.25, -0.2) is 0 Å². The van der Waals surface area contributed by atoms with E-state index in [4.69, 9.17) is 4.98 Å². The van der Waals surface area contributed by atoms with Crippen molar-refractivity contribution >= 4 is 45.3 Å². The van der Waals surface area contributed by atoms with Crippen LogP contribution in [0.25, 0.3) is 51.8 Å². The molecule has 6 rings (SSSR count). The maximum Gasteiger partial charge on any atom is 0.0892 e. The first kappa shape index (κ1) is 28.2. The summed E-state index contributed by atoms with van der Waals surface area (Å²) in [4.78, 5) is 20.1. The Kier molecular flexibility index (Phi) is 9.22. The number of hydrogen-bond donors (Lipinski definition) is 0. The molecule has 0 spiro atoms. The summed E-state index contributed by atoms with van der Waals surface area (Å²) in [5, 5.41) is 0. The number of hydrogen-bond acceptors (Lipinski definition) is 6. The first-order valence-corrected chi connectivity index (χ1v) is 17.7. The first-order chi connectivity index (χ1) is 20.2. The number of unbranched alkanes of at least 4 members (excludes halogenated alkanes) is 5. The van der Waals surface area contributed by atoms with E-state index in [0.717, 1.165) is 11.4 Å². The van der Waals surface area contributed by atoms with Crippen LogP contribution < -0.4 is 0 Å². The van der Waals surface area contributed by atoms with E-state index in [1.807, 2.05) is 57.7 Å². The maximum atomic E-state index is 4.69. The zero-order valence-electron chi connectivity index (χ0n) is 23.6. The van der Waals surface area contributed by atoms with Crippen LogP contribution in [0.4, 0.5) is 0 Å². The molecule has 0 N–H and O–H groups in total. The zero-order chi connectivity index (χ0) is 28.0. The van der Waals surface area contributed by atoms with Gasteiger partial charge in [-0.05, 0) is 104 Å². The molecule has 0 aliphatic carbocycles. The van der Waals surface area contributed by atoms with Gasteiger partial charge in [0.2, 0.25) is 0 Å². The number of pyridine rings is 2. The van der Waals surface area contributed by atoms with Crippen molar-refractivity contribution in [2.75, 3.05) is 0 Å². The number of nitrogens with zero attached hydrogens (tertiary/aromatic N) is 2. The molecule has 0 bridgehead atoms. The molecule has 0 fully saturated rings. The highest BCUT2D eigenvalue weighted by Gasteiger charge is 2.12. The Labute approximate surface area is 259 Å². The maximum absolute atomic E-state index is 4.69. The van der Waals surface area contributed by atoms with Gasteiger partial charge in [0.05, 0.1) is 11.4 Å². The molecule has 0 aliphatic rings. The normalized spacial score (nSPS) is 11.4. The van der Waals surface area contributed by atoms with Crippen molar-refractivity contribution in [3.8, 4) is 51.8 Å². The van der Waals surface area contributed by atoms with Gasteiger partial charge in [0.1, 0.15) is 0 Å². The average Bonchev–Trinajstić information content (AvgIpc) is 3.82. The monoisotopic (exact) mass is 610 g/mol. The zero-order valence-corrected chi connectivity index (χ0v) is 26.8. The van der Waals surface area contributed by atoms with Gasteiger partial charge in [-0.1, -0.05) is 39.0 Å². The summed E-state index contributed by atoms with van der Waals surface area (Å²) in [6.07, 6.45) is 13.1. The molecule has 0 amide bonds. The molecule has 208 valence electrons. The fourth-order valence-electron chi connectivity index (χ4n) is 4.99. The van der Waals surface area contributed by atoms with Gasteiger partial charge < -0.3 is 0 Å². The van der Waals surface area contributed by atoms with Gasteiger partial charge in [0.15, 0.2) is 0 Å². The molecule has 41 heavy (non-hydrogen) atoms. The number of rotatable bonds is 12. The Bertz CT molecular complexity index is 1720. The molecule has 6 aromatic rings. The van der Waals surface area contributed by atoms with E-state index in [2.05, 4.69) is 91.6 Å². The van der Waals surface area contributed by atoms with Crippen LogP contribution in [0.2, 0.25) is 0 Å². The molecule has 0 saturated heterocycles. The molecular weight excluding hydrogens is 577 g/mol. The average molecular weight is 611 g/mol. The lowest BCUT2D eigenvalue weighted by atomic mass is 10.1. The van der Waals surface area contributed by atoms with Crippen LogP contribution in [0.15, 0.2) is 85.2 Å². The van der Waals surface area contributed by atoms with E-state index < -0.39 is 0 Å². The van der Waals surface area contributed by atoms with Crippen molar-refractivity contribution in [2.45, 2.75) is 58.8 Å². The van der Waals surface area contributed by atoms with Gasteiger partial charge in [0.25, 0.3) is 0 Å². The minimum atomic E-state index is 0.903. The van der Waals surface area contributed by atoms with Gasteiger partial charge in [-0.2, -0.15) is 0 Å². The van der Waals surface area contributed by atoms with E-state index in [1.54, 1.807) is 0 Å². The molecular formula is C35H34N2S4. The number of thiophene rings is 4. The molecule has 6 heteroatoms. The topological polar surface area (TPSA) is 25.8 Å². The lowest BCUT2D eigenvalue weighted by molar-refractivity contribution is 0.609. The summed E-state index contributed by atoms with van der Waals surface area (Å²) in [5.74, 6) is 0. The summed E-state index contributed by atoms with van der Waals surface area (Å²) >= 11 is 7.49. The molecule has 0 saturated carbocycles. The first-order valence-electron chi connectivity index (χ1n) is 14.4. The molecule has 0 aliphatic heterocycles. The van der Waals surface area contributed by atoms with Crippen molar-refractivity contribution in [1.29, 1.82) is 0 Å². The standard InChI is InChI=1S/C35H34N2S4/c1-3-4-5-6-7-8-9-27-11-13-33(39-27)35-17-15-31(41-35)26-19-21-37-29(23-26)28-22-25(18-20-36-28)30-14-16-34(40-30)32-12-10-24(2)38-32/h10-23H,3-9H2,1-2H3. The van der Waals surface area contributed by atoms with E-state index >= 15 is 0 Å². The smallest absolute Gasteiger partial charge is 0.0892 e. The van der Waals surface area contributed by atoms with Gasteiger partial charge in [-0.15, -0.1) is 45.3 Å². The van der Waals surface area contributed by atoms with Crippen molar-refractivity contribution in [3.05, 3.63) is 94.9 Å². The molecule has 0 aromatic carbocycles. The molecule has 2 nitrogen and oxygen atoms in total. The highest BCUT2D eigenvalue weighted by atomic mass is 32.1. The third kappa shape index (κ3) is 6.95. The summed E-state index contributed by atoms with van der Waals surface area (Å²) in [5.41, 5.74) is 4.18.